The van der Waals surface area contributed by atoms with Gasteiger partial charge in [0.05, 0.1) is 12.2 Å². The summed E-state index contributed by atoms with van der Waals surface area (Å²) in [7, 11) is 0. The monoisotopic (exact) mass is 449 g/mol. The van der Waals surface area contributed by atoms with Crippen LogP contribution in [0.5, 0.6) is 5.75 Å². The lowest BCUT2D eigenvalue weighted by Crippen LogP contribution is -2.45. The van der Waals surface area contributed by atoms with Crippen molar-refractivity contribution in [3.8, 4) is 5.75 Å². The summed E-state index contributed by atoms with van der Waals surface area (Å²) in [4.78, 5) is 27.2. The molecular formula is C24H24FN5O3. The number of aromatic nitrogens is 2. The van der Waals surface area contributed by atoms with Crippen LogP contribution >= 0.6 is 0 Å². The molecule has 2 N–H and O–H groups in total. The number of nitrogens with one attached hydrogen (secondary N) is 2. The van der Waals surface area contributed by atoms with E-state index < -0.39 is 18.0 Å². The molecule has 3 aromatic rings. The average molecular weight is 449 g/mol. The van der Waals surface area contributed by atoms with E-state index in [0.29, 0.717) is 43.9 Å². The molecule has 1 aromatic heterocycles. The van der Waals surface area contributed by atoms with E-state index >= 15 is 0 Å². The first-order valence-electron chi connectivity index (χ1n) is 11.0. The van der Waals surface area contributed by atoms with Gasteiger partial charge in [0, 0.05) is 31.3 Å². The number of nitrogens with zero attached hydrogens (tertiary/aromatic N) is 3. The molecule has 0 saturated carbocycles. The van der Waals surface area contributed by atoms with E-state index in [1.807, 2.05) is 29.2 Å². The van der Waals surface area contributed by atoms with Crippen molar-refractivity contribution in [2.24, 2.45) is 0 Å². The van der Waals surface area contributed by atoms with Crippen molar-refractivity contribution in [1.29, 1.82) is 0 Å². The second-order valence-electron chi connectivity index (χ2n) is 8.23. The van der Waals surface area contributed by atoms with Crippen LogP contribution in [0.2, 0.25) is 0 Å². The van der Waals surface area contributed by atoms with E-state index in [1.54, 1.807) is 23.0 Å². The van der Waals surface area contributed by atoms with Gasteiger partial charge in [0.2, 0.25) is 0 Å². The predicted molar refractivity (Wildman–Crippen MR) is 121 cm³/mol. The van der Waals surface area contributed by atoms with Crippen LogP contribution in [-0.2, 0) is 11.2 Å². The summed E-state index contributed by atoms with van der Waals surface area (Å²) in [6, 6.07) is 14.7. The van der Waals surface area contributed by atoms with E-state index in [1.165, 1.54) is 18.2 Å². The predicted octanol–water partition coefficient (Wildman–Crippen LogP) is 3.83. The number of amides is 3. The largest absolute Gasteiger partial charge is 0.480 e. The first-order valence-corrected chi connectivity index (χ1v) is 11.0. The van der Waals surface area contributed by atoms with Gasteiger partial charge in [-0.25, -0.2) is 13.9 Å². The van der Waals surface area contributed by atoms with Crippen molar-refractivity contribution in [3.63, 3.8) is 0 Å². The summed E-state index contributed by atoms with van der Waals surface area (Å²) in [6.45, 7) is 1.18. The summed E-state index contributed by atoms with van der Waals surface area (Å²) in [5.41, 5.74) is 1.43. The Labute approximate surface area is 190 Å². The van der Waals surface area contributed by atoms with Gasteiger partial charge in [0.1, 0.15) is 17.4 Å². The third-order valence-electron chi connectivity index (χ3n) is 6.04. The van der Waals surface area contributed by atoms with Gasteiger partial charge < -0.3 is 15.0 Å². The third kappa shape index (κ3) is 4.52. The molecule has 0 spiro atoms. The van der Waals surface area contributed by atoms with Crippen molar-refractivity contribution in [3.05, 3.63) is 72.2 Å². The molecule has 3 heterocycles. The van der Waals surface area contributed by atoms with E-state index in [0.717, 1.165) is 11.3 Å². The fraction of sp³-hybridized carbons (Fsp3) is 0.292. The zero-order valence-corrected chi connectivity index (χ0v) is 17.9. The first-order chi connectivity index (χ1) is 16.1. The van der Waals surface area contributed by atoms with Crippen molar-refractivity contribution in [2.45, 2.75) is 31.4 Å². The molecule has 8 nitrogen and oxygen atoms in total. The van der Waals surface area contributed by atoms with Crippen LogP contribution in [0.1, 0.15) is 24.4 Å². The highest BCUT2D eigenvalue weighted by Crippen LogP contribution is 2.31. The van der Waals surface area contributed by atoms with Crippen LogP contribution in [0.3, 0.4) is 0 Å². The maximum atomic E-state index is 13.3. The molecule has 170 valence electrons. The van der Waals surface area contributed by atoms with E-state index in [4.69, 9.17) is 4.74 Å². The van der Waals surface area contributed by atoms with Crippen molar-refractivity contribution >= 4 is 23.4 Å². The summed E-state index contributed by atoms with van der Waals surface area (Å²) >= 11 is 0. The van der Waals surface area contributed by atoms with Gasteiger partial charge in [-0.15, -0.1) is 0 Å². The van der Waals surface area contributed by atoms with Crippen LogP contribution in [0, 0.1) is 5.82 Å². The first kappa shape index (κ1) is 21.0. The smallest absolute Gasteiger partial charge is 0.324 e. The molecule has 33 heavy (non-hydrogen) atoms. The molecule has 5 rings (SSSR count). The van der Waals surface area contributed by atoms with Crippen molar-refractivity contribution in [2.75, 3.05) is 23.7 Å². The van der Waals surface area contributed by atoms with E-state index in [9.17, 15) is 14.0 Å². The number of hydrogen-bond donors (Lipinski definition) is 2. The summed E-state index contributed by atoms with van der Waals surface area (Å²) in [6.07, 6.45) is 3.19. The van der Waals surface area contributed by atoms with Crippen LogP contribution in [0.4, 0.5) is 20.7 Å². The number of anilines is 2. The third-order valence-corrected chi connectivity index (χ3v) is 6.04. The SMILES string of the molecule is O=C(Nc1cccc(F)c1)Nc1ccnn1C1CCN(C(=O)C2Cc3ccccc3O2)CC1. The van der Waals surface area contributed by atoms with Gasteiger partial charge >= 0.3 is 6.03 Å². The molecule has 1 fully saturated rings. The molecule has 0 aliphatic carbocycles. The molecular weight excluding hydrogens is 425 g/mol. The number of para-hydroxylation sites is 1. The summed E-state index contributed by atoms with van der Waals surface area (Å²) < 4.78 is 21.0. The Balaban J connectivity index is 1.16. The zero-order valence-electron chi connectivity index (χ0n) is 17.9. The average Bonchev–Trinajstić information content (AvgIpc) is 3.45. The van der Waals surface area contributed by atoms with Gasteiger partial charge in [0.15, 0.2) is 6.10 Å². The maximum absolute atomic E-state index is 13.3. The van der Waals surface area contributed by atoms with E-state index in [-0.39, 0.29) is 11.9 Å². The highest BCUT2D eigenvalue weighted by atomic mass is 19.1. The number of fused-ring (bicyclic) bond motifs is 1. The number of carbonyl (C=O) groups excluding carboxylic acids is 2. The minimum atomic E-state index is -0.479. The lowest BCUT2D eigenvalue weighted by molar-refractivity contribution is -0.139. The molecule has 1 saturated heterocycles. The molecule has 0 bridgehead atoms. The quantitative estimate of drug-likeness (QED) is 0.634. The molecule has 2 aliphatic rings. The van der Waals surface area contributed by atoms with Crippen molar-refractivity contribution < 1.29 is 18.7 Å². The molecule has 1 atom stereocenters. The maximum Gasteiger partial charge on any atom is 0.324 e. The number of piperidine rings is 1. The van der Waals surface area contributed by atoms with Crippen LogP contribution < -0.4 is 15.4 Å². The van der Waals surface area contributed by atoms with Crippen LogP contribution in [0.15, 0.2) is 60.8 Å². The molecule has 2 aromatic carbocycles. The zero-order chi connectivity index (χ0) is 22.8. The molecule has 1 unspecified atom stereocenters. The van der Waals surface area contributed by atoms with Gasteiger partial charge in [-0.05, 0) is 42.7 Å². The number of rotatable bonds is 4. The highest BCUT2D eigenvalue weighted by Gasteiger charge is 2.34. The normalized spacial score (nSPS) is 17.8. The van der Waals surface area contributed by atoms with Gasteiger partial charge in [0.25, 0.3) is 5.91 Å². The van der Waals surface area contributed by atoms with Gasteiger partial charge in [-0.1, -0.05) is 24.3 Å². The fourth-order valence-corrected chi connectivity index (χ4v) is 4.40. The molecule has 9 heteroatoms. The Morgan fingerprint density at radius 1 is 1.03 bits per heavy atom. The number of hydrogen-bond acceptors (Lipinski definition) is 4. The standard InChI is InChI=1S/C24H24FN5O3/c25-17-5-3-6-18(15-17)27-24(32)28-22-8-11-26-30(22)19-9-12-29(13-10-19)23(31)21-14-16-4-1-2-7-20(16)33-21/h1-8,11,15,19,21H,9-10,12-14H2,(H2,27,28,32). The Morgan fingerprint density at radius 2 is 1.85 bits per heavy atom. The lowest BCUT2D eigenvalue weighted by Gasteiger charge is -2.33. The Bertz CT molecular complexity index is 1150. The summed E-state index contributed by atoms with van der Waals surface area (Å²) in [5.74, 6) is 0.918. The van der Waals surface area contributed by atoms with E-state index in [2.05, 4.69) is 15.7 Å². The number of carbonyl (C=O) groups is 2. The second-order valence-corrected chi connectivity index (χ2v) is 8.23. The number of ether oxygens (including phenoxy) is 1. The number of likely N-dealkylation sites (tertiary alicyclic amines) is 1. The highest BCUT2D eigenvalue weighted by molar-refractivity contribution is 5.99. The Morgan fingerprint density at radius 3 is 2.64 bits per heavy atom. The Hall–Kier alpha value is -3.88. The van der Waals surface area contributed by atoms with Gasteiger partial charge in [-0.3, -0.25) is 10.1 Å². The topological polar surface area (TPSA) is 88.5 Å². The minimum absolute atomic E-state index is 0.0120. The number of benzene rings is 2. The van der Waals surface area contributed by atoms with Crippen molar-refractivity contribution in [1.82, 2.24) is 14.7 Å². The minimum Gasteiger partial charge on any atom is -0.480 e. The summed E-state index contributed by atoms with van der Waals surface area (Å²) in [5, 5.41) is 9.76. The van der Waals surface area contributed by atoms with Crippen LogP contribution in [0.25, 0.3) is 0 Å². The lowest BCUT2D eigenvalue weighted by atomic mass is 10.0. The second kappa shape index (κ2) is 8.93. The van der Waals surface area contributed by atoms with Crippen LogP contribution in [-0.4, -0.2) is 45.8 Å². The number of urea groups is 1. The Kier molecular flexibility index (Phi) is 5.68. The number of halogens is 1. The molecule has 2 aliphatic heterocycles. The van der Waals surface area contributed by atoms with Gasteiger partial charge in [-0.2, -0.15) is 5.10 Å². The molecule has 3 amide bonds. The fourth-order valence-electron chi connectivity index (χ4n) is 4.40. The molecule has 0 radical (unpaired) electrons.